The lowest BCUT2D eigenvalue weighted by atomic mass is 9.92. The highest BCUT2D eigenvalue weighted by Crippen LogP contribution is 2.18. The van der Waals surface area contributed by atoms with Gasteiger partial charge in [-0.15, -0.1) is 0 Å². The maximum atomic E-state index is 10.9. The highest BCUT2D eigenvalue weighted by atomic mass is 16.4. The molecule has 0 aromatic heterocycles. The Hall–Kier alpha value is -0.570. The summed E-state index contributed by atoms with van der Waals surface area (Å²) >= 11 is 0. The molecule has 0 saturated carbocycles. The summed E-state index contributed by atoms with van der Waals surface area (Å²) in [7, 11) is 0. The number of hydrogen-bond acceptors (Lipinski definition) is 2. The van der Waals surface area contributed by atoms with Crippen LogP contribution in [0.3, 0.4) is 0 Å². The van der Waals surface area contributed by atoms with E-state index in [1.807, 2.05) is 6.92 Å². The Morgan fingerprint density at radius 3 is 2.13 bits per heavy atom. The Kier molecular flexibility index (Phi) is 8.38. The average Bonchev–Trinajstić information content (AvgIpc) is 2.18. The summed E-state index contributed by atoms with van der Waals surface area (Å²) < 4.78 is 0. The molecule has 0 spiro atoms. The molecule has 3 heteroatoms. The lowest BCUT2D eigenvalue weighted by Crippen LogP contribution is -2.28. The maximum absolute atomic E-state index is 10.9. The molecular weight excluding hydrogens is 192 g/mol. The summed E-state index contributed by atoms with van der Waals surface area (Å²) in [5.74, 6) is -1.42. The highest BCUT2D eigenvalue weighted by Gasteiger charge is 2.24. The van der Waals surface area contributed by atoms with Gasteiger partial charge in [-0.3, -0.25) is 4.79 Å². The molecule has 90 valence electrons. The standard InChI is InChI=1S/C12H24O3/c1-3-5-7-9-11(13)10(12(14)15)8-6-4-2/h10-11,13H,3-9H2,1-2H3,(H,14,15). The number of hydrogen-bond donors (Lipinski definition) is 2. The molecule has 15 heavy (non-hydrogen) atoms. The minimum atomic E-state index is -0.854. The van der Waals surface area contributed by atoms with Crippen molar-refractivity contribution in [3.63, 3.8) is 0 Å². The normalized spacial score (nSPS) is 14.9. The fourth-order valence-electron chi connectivity index (χ4n) is 1.71. The van der Waals surface area contributed by atoms with Crippen LogP contribution in [-0.4, -0.2) is 22.3 Å². The number of aliphatic hydroxyl groups excluding tert-OH is 1. The lowest BCUT2D eigenvalue weighted by Gasteiger charge is -2.18. The van der Waals surface area contributed by atoms with Crippen LogP contribution in [0.15, 0.2) is 0 Å². The van der Waals surface area contributed by atoms with Crippen molar-refractivity contribution < 1.29 is 15.0 Å². The van der Waals surface area contributed by atoms with Gasteiger partial charge in [-0.2, -0.15) is 0 Å². The van der Waals surface area contributed by atoms with Crippen molar-refractivity contribution in [2.24, 2.45) is 5.92 Å². The van der Waals surface area contributed by atoms with E-state index >= 15 is 0 Å². The van der Waals surface area contributed by atoms with Crippen LogP contribution in [0, 0.1) is 5.92 Å². The number of rotatable bonds is 9. The van der Waals surface area contributed by atoms with E-state index in [9.17, 15) is 9.90 Å². The predicted molar refractivity (Wildman–Crippen MR) is 60.8 cm³/mol. The van der Waals surface area contributed by atoms with Gasteiger partial charge in [-0.1, -0.05) is 46.0 Å². The zero-order valence-corrected chi connectivity index (χ0v) is 9.91. The zero-order chi connectivity index (χ0) is 11.7. The van der Waals surface area contributed by atoms with Gasteiger partial charge in [0.25, 0.3) is 0 Å². The number of aliphatic carboxylic acids is 1. The summed E-state index contributed by atoms with van der Waals surface area (Å²) in [6.07, 6.45) is 5.49. The van der Waals surface area contributed by atoms with Crippen LogP contribution in [0.4, 0.5) is 0 Å². The molecule has 2 N–H and O–H groups in total. The second kappa shape index (κ2) is 8.72. The van der Waals surface area contributed by atoms with Gasteiger partial charge in [0, 0.05) is 0 Å². The van der Waals surface area contributed by atoms with Crippen LogP contribution in [0.5, 0.6) is 0 Å². The number of aliphatic hydroxyl groups is 1. The molecule has 0 heterocycles. The van der Waals surface area contributed by atoms with E-state index in [-0.39, 0.29) is 0 Å². The first kappa shape index (κ1) is 14.4. The van der Waals surface area contributed by atoms with Gasteiger partial charge < -0.3 is 10.2 Å². The minimum Gasteiger partial charge on any atom is -0.481 e. The van der Waals surface area contributed by atoms with Crippen molar-refractivity contribution in [3.8, 4) is 0 Å². The van der Waals surface area contributed by atoms with Gasteiger partial charge in [0.2, 0.25) is 0 Å². The first-order chi connectivity index (χ1) is 7.13. The van der Waals surface area contributed by atoms with Crippen LogP contribution in [0.25, 0.3) is 0 Å². The van der Waals surface area contributed by atoms with Crippen molar-refractivity contribution in [1.82, 2.24) is 0 Å². The molecule has 0 amide bonds. The topological polar surface area (TPSA) is 57.5 Å². The second-order valence-electron chi connectivity index (χ2n) is 4.15. The van der Waals surface area contributed by atoms with E-state index in [1.54, 1.807) is 0 Å². The molecule has 2 unspecified atom stereocenters. The van der Waals surface area contributed by atoms with E-state index in [2.05, 4.69) is 6.92 Å². The van der Waals surface area contributed by atoms with Crippen molar-refractivity contribution >= 4 is 5.97 Å². The summed E-state index contributed by atoms with van der Waals surface area (Å²) in [5, 5.41) is 18.7. The number of carboxylic acid groups (broad SMARTS) is 1. The van der Waals surface area contributed by atoms with Crippen LogP contribution < -0.4 is 0 Å². The molecule has 2 atom stereocenters. The van der Waals surface area contributed by atoms with E-state index < -0.39 is 18.0 Å². The molecule has 0 fully saturated rings. The van der Waals surface area contributed by atoms with Crippen molar-refractivity contribution in [3.05, 3.63) is 0 Å². The van der Waals surface area contributed by atoms with E-state index in [4.69, 9.17) is 5.11 Å². The maximum Gasteiger partial charge on any atom is 0.309 e. The first-order valence-electron chi connectivity index (χ1n) is 6.04. The molecule has 0 radical (unpaired) electrons. The highest BCUT2D eigenvalue weighted by molar-refractivity contribution is 5.70. The molecule has 0 saturated heterocycles. The summed E-state index contributed by atoms with van der Waals surface area (Å²) in [6, 6.07) is 0. The second-order valence-corrected chi connectivity index (χ2v) is 4.15. The van der Waals surface area contributed by atoms with E-state index in [0.29, 0.717) is 12.8 Å². The quantitative estimate of drug-likeness (QED) is 0.583. The van der Waals surface area contributed by atoms with Crippen molar-refractivity contribution in [2.75, 3.05) is 0 Å². The third-order valence-electron chi connectivity index (χ3n) is 2.75. The Labute approximate surface area is 92.5 Å². The predicted octanol–water partition coefficient (Wildman–Crippen LogP) is 2.82. The SMILES string of the molecule is CCCCCC(O)C(CCCC)C(=O)O. The number of unbranched alkanes of at least 4 members (excludes halogenated alkanes) is 3. The Balaban J connectivity index is 3.93. The van der Waals surface area contributed by atoms with Gasteiger partial charge in [0.05, 0.1) is 12.0 Å². The fourth-order valence-corrected chi connectivity index (χ4v) is 1.71. The largest absolute Gasteiger partial charge is 0.481 e. The van der Waals surface area contributed by atoms with Gasteiger partial charge in [-0.25, -0.2) is 0 Å². The van der Waals surface area contributed by atoms with Gasteiger partial charge in [0.1, 0.15) is 0 Å². The minimum absolute atomic E-state index is 0.568. The summed E-state index contributed by atoms with van der Waals surface area (Å²) in [6.45, 7) is 4.13. The fraction of sp³-hybridized carbons (Fsp3) is 0.917. The molecular formula is C12H24O3. The molecule has 0 aliphatic heterocycles. The van der Waals surface area contributed by atoms with Crippen molar-refractivity contribution in [2.45, 2.75) is 64.9 Å². The smallest absolute Gasteiger partial charge is 0.309 e. The van der Waals surface area contributed by atoms with Crippen LogP contribution in [-0.2, 0) is 4.79 Å². The van der Waals surface area contributed by atoms with E-state index in [1.165, 1.54) is 0 Å². The molecule has 0 rings (SSSR count). The lowest BCUT2D eigenvalue weighted by molar-refractivity contribution is -0.146. The number of carboxylic acids is 1. The Bertz CT molecular complexity index is 168. The Morgan fingerprint density at radius 2 is 1.67 bits per heavy atom. The average molecular weight is 216 g/mol. The van der Waals surface area contributed by atoms with Crippen LogP contribution >= 0.6 is 0 Å². The summed E-state index contributed by atoms with van der Waals surface area (Å²) in [4.78, 5) is 10.9. The third kappa shape index (κ3) is 6.50. The first-order valence-corrected chi connectivity index (χ1v) is 6.04. The zero-order valence-electron chi connectivity index (χ0n) is 9.91. The Morgan fingerprint density at radius 1 is 1.07 bits per heavy atom. The molecule has 3 nitrogen and oxygen atoms in total. The molecule has 0 bridgehead atoms. The van der Waals surface area contributed by atoms with Crippen LogP contribution in [0.1, 0.15) is 58.8 Å². The van der Waals surface area contributed by atoms with Crippen molar-refractivity contribution in [1.29, 1.82) is 0 Å². The monoisotopic (exact) mass is 216 g/mol. The van der Waals surface area contributed by atoms with Crippen LogP contribution in [0.2, 0.25) is 0 Å². The molecule has 0 aliphatic carbocycles. The number of carbonyl (C=O) groups is 1. The van der Waals surface area contributed by atoms with Gasteiger partial charge >= 0.3 is 5.97 Å². The molecule has 0 aliphatic rings. The van der Waals surface area contributed by atoms with Gasteiger partial charge in [-0.05, 0) is 12.8 Å². The molecule has 0 aromatic rings. The summed E-state index contributed by atoms with van der Waals surface area (Å²) in [5.41, 5.74) is 0. The van der Waals surface area contributed by atoms with Gasteiger partial charge in [0.15, 0.2) is 0 Å². The molecule has 0 aromatic carbocycles. The third-order valence-corrected chi connectivity index (χ3v) is 2.75. The van der Waals surface area contributed by atoms with E-state index in [0.717, 1.165) is 32.1 Å².